The third-order valence-corrected chi connectivity index (χ3v) is 4.24. The number of halogens is 1. The molecule has 3 rings (SSSR count). The van der Waals surface area contributed by atoms with E-state index in [0.29, 0.717) is 26.2 Å². The van der Waals surface area contributed by atoms with E-state index in [2.05, 4.69) is 17.0 Å². The van der Waals surface area contributed by atoms with Crippen molar-refractivity contribution in [2.45, 2.75) is 37.6 Å². The van der Waals surface area contributed by atoms with Crippen molar-refractivity contribution in [1.29, 1.82) is 0 Å². The Morgan fingerprint density at radius 1 is 1.33 bits per heavy atom. The first-order chi connectivity index (χ1) is 8.78. The quantitative estimate of drug-likeness (QED) is 0.813. The topological polar surface area (TPSA) is 12.5 Å². The molecule has 0 aromatic heterocycles. The number of fused-ring (bicyclic) bond motifs is 1. The van der Waals surface area contributed by atoms with Crippen LogP contribution in [0.15, 0.2) is 30.3 Å². The number of rotatable bonds is 4. The van der Waals surface area contributed by atoms with Gasteiger partial charge in [0.05, 0.1) is 13.2 Å². The Labute approximate surface area is 108 Å². The molecule has 0 bridgehead atoms. The summed E-state index contributed by atoms with van der Waals surface area (Å²) in [7, 11) is 0. The van der Waals surface area contributed by atoms with Gasteiger partial charge in [0.15, 0.2) is 0 Å². The lowest BCUT2D eigenvalue weighted by Crippen LogP contribution is -2.42. The van der Waals surface area contributed by atoms with E-state index in [4.69, 9.17) is 4.74 Å². The summed E-state index contributed by atoms with van der Waals surface area (Å²) in [5, 5.41) is 0. The molecule has 2 aliphatic heterocycles. The molecule has 2 fully saturated rings. The minimum atomic E-state index is -0.661. The Balaban J connectivity index is 1.56. The molecule has 0 radical (unpaired) electrons. The SMILES string of the molecule is F[C@H]1CN2CCC[C@@]2(COCc2ccccc2)C1. The lowest BCUT2D eigenvalue weighted by atomic mass is 9.95. The van der Waals surface area contributed by atoms with Crippen molar-refractivity contribution in [3.63, 3.8) is 0 Å². The molecule has 18 heavy (non-hydrogen) atoms. The molecule has 0 aliphatic carbocycles. The maximum absolute atomic E-state index is 13.5. The summed E-state index contributed by atoms with van der Waals surface area (Å²) in [6.45, 7) is 2.94. The first kappa shape index (κ1) is 12.1. The number of alkyl halides is 1. The number of hydrogen-bond donors (Lipinski definition) is 0. The average molecular weight is 249 g/mol. The molecule has 98 valence electrons. The fraction of sp³-hybridized carbons (Fsp3) is 0.600. The monoisotopic (exact) mass is 249 g/mol. The van der Waals surface area contributed by atoms with Gasteiger partial charge in [0.25, 0.3) is 0 Å². The summed E-state index contributed by atoms with van der Waals surface area (Å²) in [5.74, 6) is 0. The molecular formula is C15H20FNO. The van der Waals surface area contributed by atoms with Crippen LogP contribution in [0.2, 0.25) is 0 Å². The number of hydrogen-bond acceptors (Lipinski definition) is 2. The van der Waals surface area contributed by atoms with E-state index in [1.165, 1.54) is 12.0 Å². The van der Waals surface area contributed by atoms with E-state index in [-0.39, 0.29) is 5.54 Å². The fourth-order valence-corrected chi connectivity index (χ4v) is 3.38. The second-order valence-electron chi connectivity index (χ2n) is 5.55. The summed E-state index contributed by atoms with van der Waals surface area (Å²) >= 11 is 0. The molecule has 2 heterocycles. The molecule has 2 atom stereocenters. The van der Waals surface area contributed by atoms with E-state index < -0.39 is 6.17 Å². The molecule has 0 N–H and O–H groups in total. The Kier molecular flexibility index (Phi) is 3.35. The van der Waals surface area contributed by atoms with Gasteiger partial charge in [0.1, 0.15) is 6.17 Å². The van der Waals surface area contributed by atoms with Crippen LogP contribution < -0.4 is 0 Å². The van der Waals surface area contributed by atoms with E-state index in [9.17, 15) is 4.39 Å². The fourth-order valence-electron chi connectivity index (χ4n) is 3.38. The van der Waals surface area contributed by atoms with Gasteiger partial charge in [0, 0.05) is 18.5 Å². The lowest BCUT2D eigenvalue weighted by molar-refractivity contribution is 0.0263. The molecule has 2 aliphatic rings. The summed E-state index contributed by atoms with van der Waals surface area (Å²) in [6, 6.07) is 10.2. The minimum Gasteiger partial charge on any atom is -0.375 e. The molecule has 0 amide bonds. The van der Waals surface area contributed by atoms with Gasteiger partial charge in [-0.3, -0.25) is 4.90 Å². The third-order valence-electron chi connectivity index (χ3n) is 4.24. The van der Waals surface area contributed by atoms with Gasteiger partial charge in [-0.15, -0.1) is 0 Å². The largest absolute Gasteiger partial charge is 0.375 e. The van der Waals surface area contributed by atoms with Crippen molar-refractivity contribution in [1.82, 2.24) is 4.90 Å². The van der Waals surface area contributed by atoms with Crippen LogP contribution in [0.4, 0.5) is 4.39 Å². The molecule has 0 unspecified atom stereocenters. The molecule has 0 saturated carbocycles. The molecule has 3 heteroatoms. The van der Waals surface area contributed by atoms with Crippen molar-refractivity contribution in [3.05, 3.63) is 35.9 Å². The molecule has 0 spiro atoms. The highest BCUT2D eigenvalue weighted by molar-refractivity contribution is 5.13. The second kappa shape index (κ2) is 4.98. The Hall–Kier alpha value is -0.930. The van der Waals surface area contributed by atoms with Crippen LogP contribution in [0.25, 0.3) is 0 Å². The molecule has 2 saturated heterocycles. The zero-order valence-corrected chi connectivity index (χ0v) is 10.6. The van der Waals surface area contributed by atoms with Gasteiger partial charge in [-0.25, -0.2) is 4.39 Å². The van der Waals surface area contributed by atoms with Crippen LogP contribution in [0, 0.1) is 0 Å². The van der Waals surface area contributed by atoms with Gasteiger partial charge in [-0.1, -0.05) is 30.3 Å². The molecule has 2 nitrogen and oxygen atoms in total. The van der Waals surface area contributed by atoms with Crippen molar-refractivity contribution < 1.29 is 9.13 Å². The van der Waals surface area contributed by atoms with Crippen LogP contribution in [0.3, 0.4) is 0 Å². The molecular weight excluding hydrogens is 229 g/mol. The van der Waals surface area contributed by atoms with Gasteiger partial charge >= 0.3 is 0 Å². The van der Waals surface area contributed by atoms with Crippen LogP contribution in [0.5, 0.6) is 0 Å². The Morgan fingerprint density at radius 2 is 2.17 bits per heavy atom. The van der Waals surface area contributed by atoms with Crippen molar-refractivity contribution in [2.75, 3.05) is 19.7 Å². The lowest BCUT2D eigenvalue weighted by Gasteiger charge is -2.31. The van der Waals surface area contributed by atoms with Crippen LogP contribution >= 0.6 is 0 Å². The number of ether oxygens (including phenoxy) is 1. The van der Waals surface area contributed by atoms with Crippen LogP contribution in [-0.4, -0.2) is 36.3 Å². The second-order valence-corrected chi connectivity index (χ2v) is 5.55. The maximum Gasteiger partial charge on any atom is 0.115 e. The first-order valence-corrected chi connectivity index (χ1v) is 6.79. The highest BCUT2D eigenvalue weighted by Gasteiger charge is 2.48. The smallest absolute Gasteiger partial charge is 0.115 e. The Morgan fingerprint density at radius 3 is 3.00 bits per heavy atom. The van der Waals surface area contributed by atoms with Crippen LogP contribution in [-0.2, 0) is 11.3 Å². The zero-order chi connectivity index (χ0) is 12.4. The van der Waals surface area contributed by atoms with E-state index >= 15 is 0 Å². The average Bonchev–Trinajstić information content (AvgIpc) is 2.86. The van der Waals surface area contributed by atoms with Crippen molar-refractivity contribution in [3.8, 4) is 0 Å². The predicted octanol–water partition coefficient (Wildman–Crippen LogP) is 2.78. The normalized spacial score (nSPS) is 31.7. The standard InChI is InChI=1S/C15H20FNO/c16-14-9-15(7-4-8-17(15)10-14)12-18-11-13-5-2-1-3-6-13/h1-3,5-6,14H,4,7-12H2/t14-,15+/m1/s1. The van der Waals surface area contributed by atoms with Gasteiger partial charge in [-0.05, 0) is 24.9 Å². The zero-order valence-electron chi connectivity index (χ0n) is 10.6. The van der Waals surface area contributed by atoms with E-state index in [1.807, 2.05) is 18.2 Å². The van der Waals surface area contributed by atoms with E-state index in [1.54, 1.807) is 0 Å². The van der Waals surface area contributed by atoms with Gasteiger partial charge in [0.2, 0.25) is 0 Å². The molecule has 1 aromatic carbocycles. The van der Waals surface area contributed by atoms with Crippen molar-refractivity contribution >= 4 is 0 Å². The van der Waals surface area contributed by atoms with E-state index in [0.717, 1.165) is 13.0 Å². The van der Waals surface area contributed by atoms with Gasteiger partial charge < -0.3 is 4.74 Å². The highest BCUT2D eigenvalue weighted by atomic mass is 19.1. The van der Waals surface area contributed by atoms with Crippen LogP contribution in [0.1, 0.15) is 24.8 Å². The highest BCUT2D eigenvalue weighted by Crippen LogP contribution is 2.40. The summed E-state index contributed by atoms with van der Waals surface area (Å²) in [4.78, 5) is 2.29. The van der Waals surface area contributed by atoms with Crippen molar-refractivity contribution in [2.24, 2.45) is 0 Å². The third kappa shape index (κ3) is 2.29. The van der Waals surface area contributed by atoms with Gasteiger partial charge in [-0.2, -0.15) is 0 Å². The Bertz CT molecular complexity index is 397. The summed E-state index contributed by atoms with van der Waals surface area (Å²) < 4.78 is 19.4. The number of benzene rings is 1. The maximum atomic E-state index is 13.5. The minimum absolute atomic E-state index is 0.00576. The summed E-state index contributed by atoms with van der Waals surface area (Å²) in [5.41, 5.74) is 1.18. The summed E-state index contributed by atoms with van der Waals surface area (Å²) in [6.07, 6.45) is 2.26. The predicted molar refractivity (Wildman–Crippen MR) is 69.1 cm³/mol. The molecule has 1 aromatic rings. The number of nitrogens with zero attached hydrogens (tertiary/aromatic N) is 1. The first-order valence-electron chi connectivity index (χ1n) is 6.79.